The van der Waals surface area contributed by atoms with E-state index in [0.717, 1.165) is 19.4 Å². The Morgan fingerprint density at radius 2 is 1.26 bits per heavy atom. The van der Waals surface area contributed by atoms with Gasteiger partial charge in [-0.1, -0.05) is 44.9 Å². The fraction of sp³-hybridized carbons (Fsp3) is 0.688. The zero-order valence-electron chi connectivity index (χ0n) is 11.9. The molecule has 0 unspecified atom stereocenters. The van der Waals surface area contributed by atoms with Crippen LogP contribution in [0.4, 0.5) is 0 Å². The average molecular weight is 265 g/mol. The fourth-order valence-corrected chi connectivity index (χ4v) is 2.33. The molecular weight excluding hydrogens is 238 g/mol. The van der Waals surface area contributed by atoms with Gasteiger partial charge in [-0.05, 0) is 25.0 Å². The number of aryl methyl sites for hydroxylation is 1. The molecule has 0 amide bonds. The van der Waals surface area contributed by atoms with Crippen LogP contribution < -0.4 is 0 Å². The highest BCUT2D eigenvalue weighted by atomic mass is 16.4. The summed E-state index contributed by atoms with van der Waals surface area (Å²) < 4.78 is 2.24. The van der Waals surface area contributed by atoms with E-state index in [0.29, 0.717) is 6.42 Å². The van der Waals surface area contributed by atoms with E-state index in [2.05, 4.69) is 29.1 Å². The van der Waals surface area contributed by atoms with Crippen molar-refractivity contribution in [1.29, 1.82) is 0 Å². The number of aliphatic carboxylic acids is 1. The Morgan fingerprint density at radius 1 is 0.789 bits per heavy atom. The second-order valence-electron chi connectivity index (χ2n) is 5.25. The van der Waals surface area contributed by atoms with Gasteiger partial charge in [-0.25, -0.2) is 0 Å². The molecule has 0 atom stereocenters. The highest BCUT2D eigenvalue weighted by Crippen LogP contribution is 2.11. The summed E-state index contributed by atoms with van der Waals surface area (Å²) in [4.78, 5) is 10.3. The summed E-state index contributed by atoms with van der Waals surface area (Å²) in [7, 11) is 0. The molecule has 0 bridgehead atoms. The summed E-state index contributed by atoms with van der Waals surface area (Å²) in [5, 5.41) is 8.50. The van der Waals surface area contributed by atoms with Gasteiger partial charge in [0.05, 0.1) is 0 Å². The van der Waals surface area contributed by atoms with Gasteiger partial charge >= 0.3 is 5.97 Å². The van der Waals surface area contributed by atoms with Crippen molar-refractivity contribution in [2.75, 3.05) is 0 Å². The number of unbranched alkanes of at least 4 members (excludes halogenated alkanes) is 8. The summed E-state index contributed by atoms with van der Waals surface area (Å²) in [5.41, 5.74) is 0. The zero-order chi connectivity index (χ0) is 13.8. The molecule has 1 heterocycles. The molecule has 108 valence electrons. The van der Waals surface area contributed by atoms with Gasteiger partial charge in [-0.15, -0.1) is 0 Å². The van der Waals surface area contributed by atoms with Gasteiger partial charge in [0.15, 0.2) is 0 Å². The van der Waals surface area contributed by atoms with Gasteiger partial charge in [-0.2, -0.15) is 0 Å². The van der Waals surface area contributed by atoms with Crippen LogP contribution in [0.2, 0.25) is 0 Å². The standard InChI is InChI=1S/C16H27NO2/c18-16(19)12-8-6-4-2-1-3-5-7-9-13-17-14-10-11-15-17/h10-11,14-15H,1-9,12-13H2,(H,18,19). The van der Waals surface area contributed by atoms with Crippen LogP contribution in [-0.2, 0) is 11.3 Å². The van der Waals surface area contributed by atoms with Crippen LogP contribution in [0.25, 0.3) is 0 Å². The molecule has 0 aromatic carbocycles. The monoisotopic (exact) mass is 265 g/mol. The van der Waals surface area contributed by atoms with Crippen molar-refractivity contribution >= 4 is 5.97 Å². The molecule has 1 N–H and O–H groups in total. The Bertz CT molecular complexity index is 319. The molecule has 0 aliphatic heterocycles. The number of rotatable bonds is 12. The van der Waals surface area contributed by atoms with Gasteiger partial charge in [-0.3, -0.25) is 4.79 Å². The van der Waals surface area contributed by atoms with Crippen molar-refractivity contribution in [3.8, 4) is 0 Å². The quantitative estimate of drug-likeness (QED) is 0.566. The number of aromatic nitrogens is 1. The molecule has 0 aliphatic carbocycles. The minimum absolute atomic E-state index is 0.333. The largest absolute Gasteiger partial charge is 0.481 e. The van der Waals surface area contributed by atoms with Crippen molar-refractivity contribution in [3.05, 3.63) is 24.5 Å². The Morgan fingerprint density at radius 3 is 1.79 bits per heavy atom. The normalized spacial score (nSPS) is 10.7. The van der Waals surface area contributed by atoms with Crippen LogP contribution >= 0.6 is 0 Å². The zero-order valence-corrected chi connectivity index (χ0v) is 11.9. The third-order valence-electron chi connectivity index (χ3n) is 3.47. The van der Waals surface area contributed by atoms with Gasteiger partial charge in [0.1, 0.15) is 0 Å². The molecule has 0 saturated heterocycles. The maximum absolute atomic E-state index is 10.3. The van der Waals surface area contributed by atoms with Gasteiger partial charge < -0.3 is 9.67 Å². The highest BCUT2D eigenvalue weighted by molar-refractivity contribution is 5.66. The van der Waals surface area contributed by atoms with Crippen molar-refractivity contribution in [2.24, 2.45) is 0 Å². The number of nitrogens with zero attached hydrogens (tertiary/aromatic N) is 1. The third kappa shape index (κ3) is 9.34. The molecule has 19 heavy (non-hydrogen) atoms. The minimum Gasteiger partial charge on any atom is -0.481 e. The van der Waals surface area contributed by atoms with E-state index in [4.69, 9.17) is 5.11 Å². The molecule has 0 fully saturated rings. The van der Waals surface area contributed by atoms with Crippen molar-refractivity contribution in [3.63, 3.8) is 0 Å². The topological polar surface area (TPSA) is 42.2 Å². The number of carbonyl (C=O) groups is 1. The Kier molecular flexibility index (Phi) is 8.86. The minimum atomic E-state index is -0.664. The first kappa shape index (κ1) is 15.8. The van der Waals surface area contributed by atoms with E-state index < -0.39 is 5.97 Å². The van der Waals surface area contributed by atoms with E-state index >= 15 is 0 Å². The van der Waals surface area contributed by atoms with Crippen LogP contribution in [0.3, 0.4) is 0 Å². The molecule has 0 aliphatic rings. The maximum Gasteiger partial charge on any atom is 0.303 e. The molecule has 1 aromatic heterocycles. The van der Waals surface area contributed by atoms with E-state index in [1.807, 2.05) is 0 Å². The molecule has 1 rings (SSSR count). The number of hydrogen-bond donors (Lipinski definition) is 1. The summed E-state index contributed by atoms with van der Waals surface area (Å²) >= 11 is 0. The van der Waals surface area contributed by atoms with Gasteiger partial charge in [0.2, 0.25) is 0 Å². The summed E-state index contributed by atoms with van der Waals surface area (Å²) in [6, 6.07) is 4.15. The summed E-state index contributed by atoms with van der Waals surface area (Å²) in [5.74, 6) is -0.664. The lowest BCUT2D eigenvalue weighted by molar-refractivity contribution is -0.137. The summed E-state index contributed by atoms with van der Waals surface area (Å²) in [6.07, 6.45) is 15.5. The second kappa shape index (κ2) is 10.7. The molecular formula is C16H27NO2. The first-order valence-electron chi connectivity index (χ1n) is 7.61. The average Bonchev–Trinajstić information content (AvgIpc) is 2.88. The van der Waals surface area contributed by atoms with E-state index in [9.17, 15) is 4.79 Å². The van der Waals surface area contributed by atoms with Crippen LogP contribution in [0.5, 0.6) is 0 Å². The fourth-order valence-electron chi connectivity index (χ4n) is 2.33. The molecule has 3 nitrogen and oxygen atoms in total. The lowest BCUT2D eigenvalue weighted by atomic mass is 10.1. The smallest absolute Gasteiger partial charge is 0.303 e. The summed E-state index contributed by atoms with van der Waals surface area (Å²) in [6.45, 7) is 1.14. The Labute approximate surface area is 116 Å². The third-order valence-corrected chi connectivity index (χ3v) is 3.47. The van der Waals surface area contributed by atoms with Crippen LogP contribution in [0.15, 0.2) is 24.5 Å². The maximum atomic E-state index is 10.3. The predicted molar refractivity (Wildman–Crippen MR) is 78.2 cm³/mol. The van der Waals surface area contributed by atoms with Crippen LogP contribution in [0, 0.1) is 0 Å². The van der Waals surface area contributed by atoms with Gasteiger partial charge in [0.25, 0.3) is 0 Å². The molecule has 1 aromatic rings. The highest BCUT2D eigenvalue weighted by Gasteiger charge is 1.96. The van der Waals surface area contributed by atoms with E-state index in [1.165, 1.54) is 44.9 Å². The van der Waals surface area contributed by atoms with Crippen molar-refractivity contribution < 1.29 is 9.90 Å². The molecule has 0 spiro atoms. The Hall–Kier alpha value is -1.25. The molecule has 0 saturated carbocycles. The van der Waals surface area contributed by atoms with Crippen LogP contribution in [0.1, 0.15) is 64.2 Å². The van der Waals surface area contributed by atoms with Crippen molar-refractivity contribution in [2.45, 2.75) is 70.8 Å². The number of carboxylic acid groups (broad SMARTS) is 1. The van der Waals surface area contributed by atoms with Crippen LogP contribution in [-0.4, -0.2) is 15.6 Å². The van der Waals surface area contributed by atoms with E-state index in [-0.39, 0.29) is 0 Å². The number of hydrogen-bond acceptors (Lipinski definition) is 1. The van der Waals surface area contributed by atoms with Gasteiger partial charge in [0, 0.05) is 25.4 Å². The SMILES string of the molecule is O=C(O)CCCCCCCCCCCn1cccc1. The first-order valence-corrected chi connectivity index (χ1v) is 7.61. The lowest BCUT2D eigenvalue weighted by Crippen LogP contribution is -1.94. The second-order valence-corrected chi connectivity index (χ2v) is 5.25. The predicted octanol–water partition coefficient (Wildman–Crippen LogP) is 4.47. The number of carboxylic acids is 1. The Balaban J connectivity index is 1.75. The molecule has 3 heteroatoms. The van der Waals surface area contributed by atoms with Crippen molar-refractivity contribution in [1.82, 2.24) is 4.57 Å². The van der Waals surface area contributed by atoms with E-state index in [1.54, 1.807) is 0 Å². The lowest BCUT2D eigenvalue weighted by Gasteiger charge is -2.03. The molecule has 0 radical (unpaired) electrons. The first-order chi connectivity index (χ1) is 9.29.